The smallest absolute Gasteiger partial charge is 0.418 e. The van der Waals surface area contributed by atoms with Crippen LogP contribution in [-0.2, 0) is 55.8 Å². The summed E-state index contributed by atoms with van der Waals surface area (Å²) in [4.78, 5) is 0. The van der Waals surface area contributed by atoms with Gasteiger partial charge in [0.05, 0.1) is 0 Å². The number of hydrogen-bond donors (Lipinski definition) is 0. The second kappa shape index (κ2) is 36.8. The minimum absolute atomic E-state index is 0. The molecule has 0 fully saturated rings. The molecule has 0 aliphatic heterocycles. The molecule has 0 saturated heterocycles. The molecule has 6 aromatic heterocycles. The van der Waals surface area contributed by atoms with Crippen LogP contribution in [0.2, 0.25) is 0 Å². The fraction of sp³-hybridized carbons (Fsp3) is 0.800. The molecule has 6 aromatic rings. The molecule has 24 nitrogen and oxygen atoms in total. The molecule has 0 aliphatic carbocycles. The molecular formula is C30H60B2F8N24Ni. The molecule has 372 valence electrons. The van der Waals surface area contributed by atoms with Crippen LogP contribution in [0.3, 0.4) is 0 Å². The van der Waals surface area contributed by atoms with Gasteiger partial charge in [-0.15, -0.1) is 30.6 Å². The number of hydrogen-bond acceptors (Lipinski definition) is 18. The van der Waals surface area contributed by atoms with Gasteiger partial charge in [-0.2, -0.15) is 0 Å². The minimum atomic E-state index is -6.00. The van der Waals surface area contributed by atoms with Crippen molar-refractivity contribution in [1.82, 2.24) is 121 Å². The summed E-state index contributed by atoms with van der Waals surface area (Å²) in [7, 11) is -12.0. The molecule has 0 atom stereocenters. The Labute approximate surface area is 381 Å². The van der Waals surface area contributed by atoms with Crippen LogP contribution in [0.1, 0.15) is 83.1 Å². The molecular weight excluding hydrogens is 929 g/mol. The van der Waals surface area contributed by atoms with E-state index in [1.165, 1.54) is 0 Å². The summed E-state index contributed by atoms with van der Waals surface area (Å²) in [5, 5.41) is 64.4. The summed E-state index contributed by atoms with van der Waals surface area (Å²) < 4.78 is 88.4. The van der Waals surface area contributed by atoms with Gasteiger partial charge in [-0.25, -0.2) is 28.1 Å². The molecule has 0 amide bonds. The largest absolute Gasteiger partial charge is 2.00 e. The van der Waals surface area contributed by atoms with Crippen molar-refractivity contribution in [1.29, 1.82) is 0 Å². The third kappa shape index (κ3) is 51.0. The first kappa shape index (κ1) is 63.8. The standard InChI is InChI=1S/6C5H10N4.2BF4.Ni/c6*1-5(2)3-9-4-6-7-8-9;2*2-1(3,4)5;/h6*4-5H,3H2,1-2H3;;;/q;;;;;;2*-1;+2. The SMILES string of the molecule is CC(C)Cn1cnnn1.CC(C)Cn1cnnn1.CC(C)Cn1cnnn1.CC(C)Cn1cnnn1.CC(C)Cn1cnnn1.CC(C)Cn1cnnn1.F[B-](F)(F)F.F[B-](F)(F)F.[Ni+2]. The molecule has 0 aromatic carbocycles. The zero-order valence-electron chi connectivity index (χ0n) is 38.4. The maximum absolute atomic E-state index is 9.75. The van der Waals surface area contributed by atoms with Crippen LogP contribution in [0.25, 0.3) is 0 Å². The average molecular weight is 989 g/mol. The summed E-state index contributed by atoms with van der Waals surface area (Å²) in [5.41, 5.74) is 0. The van der Waals surface area contributed by atoms with Crippen molar-refractivity contribution in [3.63, 3.8) is 0 Å². The Kier molecular flexibility index (Phi) is 36.1. The van der Waals surface area contributed by atoms with Gasteiger partial charge in [0.1, 0.15) is 38.0 Å². The van der Waals surface area contributed by atoms with Crippen molar-refractivity contribution in [3.05, 3.63) is 38.0 Å². The molecule has 65 heavy (non-hydrogen) atoms. The van der Waals surface area contributed by atoms with Crippen molar-refractivity contribution in [2.24, 2.45) is 35.5 Å². The molecule has 0 radical (unpaired) electrons. The van der Waals surface area contributed by atoms with Crippen LogP contribution in [-0.4, -0.2) is 136 Å². The van der Waals surface area contributed by atoms with Gasteiger partial charge in [0.25, 0.3) is 0 Å². The van der Waals surface area contributed by atoms with Crippen molar-refractivity contribution in [2.45, 2.75) is 122 Å². The maximum atomic E-state index is 9.75. The van der Waals surface area contributed by atoms with Gasteiger partial charge < -0.3 is 34.5 Å². The topological polar surface area (TPSA) is 262 Å². The summed E-state index contributed by atoms with van der Waals surface area (Å²) in [6.45, 7) is 30.9. The number of aromatic nitrogens is 24. The molecule has 6 rings (SSSR count). The maximum Gasteiger partial charge on any atom is 2.00 e. The number of halogens is 8. The van der Waals surface area contributed by atoms with Crippen LogP contribution in [0, 0.1) is 35.5 Å². The van der Waals surface area contributed by atoms with Gasteiger partial charge in [0.2, 0.25) is 0 Å². The van der Waals surface area contributed by atoms with E-state index in [-0.39, 0.29) is 16.5 Å². The number of nitrogens with zero attached hydrogens (tertiary/aromatic N) is 24. The third-order valence-corrected chi connectivity index (χ3v) is 5.66. The van der Waals surface area contributed by atoms with Crippen molar-refractivity contribution in [2.75, 3.05) is 0 Å². The van der Waals surface area contributed by atoms with Gasteiger partial charge in [-0.1, -0.05) is 83.1 Å². The zero-order chi connectivity index (χ0) is 49.1. The van der Waals surface area contributed by atoms with Crippen LogP contribution >= 0.6 is 0 Å². The normalized spacial score (nSPS) is 10.6. The first-order valence-corrected chi connectivity index (χ1v) is 19.7. The van der Waals surface area contributed by atoms with E-state index in [0.29, 0.717) is 35.5 Å². The molecule has 0 saturated carbocycles. The Bertz CT molecular complexity index is 1460. The van der Waals surface area contributed by atoms with Gasteiger partial charge >= 0.3 is 31.0 Å². The molecule has 0 aliphatic rings. The number of rotatable bonds is 12. The summed E-state index contributed by atoms with van der Waals surface area (Å²) in [5.74, 6) is 3.63. The van der Waals surface area contributed by atoms with Gasteiger partial charge in [-0.3, -0.25) is 0 Å². The summed E-state index contributed by atoms with van der Waals surface area (Å²) >= 11 is 0. The van der Waals surface area contributed by atoms with Crippen molar-refractivity contribution >= 4 is 14.5 Å². The zero-order valence-corrected chi connectivity index (χ0v) is 39.4. The first-order valence-electron chi connectivity index (χ1n) is 19.7. The second-order valence-corrected chi connectivity index (χ2v) is 15.5. The predicted octanol–water partition coefficient (Wildman–Crippen LogP) is 4.57. The number of tetrazole rings is 6. The Morgan fingerprint density at radius 2 is 0.400 bits per heavy atom. The van der Waals surface area contributed by atoms with Crippen molar-refractivity contribution in [3.8, 4) is 0 Å². The fourth-order valence-corrected chi connectivity index (χ4v) is 3.83. The van der Waals surface area contributed by atoms with E-state index in [2.05, 4.69) is 176 Å². The van der Waals surface area contributed by atoms with E-state index >= 15 is 0 Å². The van der Waals surface area contributed by atoms with Gasteiger partial charge in [-0.05, 0) is 98.1 Å². The predicted molar refractivity (Wildman–Crippen MR) is 216 cm³/mol. The van der Waals surface area contributed by atoms with E-state index in [0.717, 1.165) is 39.3 Å². The Morgan fingerprint density at radius 1 is 0.292 bits per heavy atom. The molecule has 0 spiro atoms. The van der Waals surface area contributed by atoms with Crippen LogP contribution in [0.4, 0.5) is 34.5 Å². The van der Waals surface area contributed by atoms with Gasteiger partial charge in [0.15, 0.2) is 0 Å². The van der Waals surface area contributed by atoms with Crippen LogP contribution < -0.4 is 0 Å². The first-order chi connectivity index (χ1) is 29.7. The molecule has 35 heteroatoms. The van der Waals surface area contributed by atoms with E-state index in [1.54, 1.807) is 66.1 Å². The summed E-state index contributed by atoms with van der Waals surface area (Å²) in [6, 6.07) is 0. The van der Waals surface area contributed by atoms with E-state index in [1.807, 2.05) is 0 Å². The third-order valence-electron chi connectivity index (χ3n) is 5.66. The van der Waals surface area contributed by atoms with Crippen LogP contribution in [0.15, 0.2) is 38.0 Å². The van der Waals surface area contributed by atoms with Crippen molar-refractivity contribution < 1.29 is 51.0 Å². The van der Waals surface area contributed by atoms with Crippen LogP contribution in [0.5, 0.6) is 0 Å². The fourth-order valence-electron chi connectivity index (χ4n) is 3.83. The second-order valence-electron chi connectivity index (χ2n) is 15.5. The minimum Gasteiger partial charge on any atom is -0.418 e. The van der Waals surface area contributed by atoms with E-state index in [4.69, 9.17) is 0 Å². The van der Waals surface area contributed by atoms with Gasteiger partial charge in [0, 0.05) is 39.3 Å². The molecule has 0 N–H and O–H groups in total. The average Bonchev–Trinajstić information content (AvgIpc) is 3.98. The molecule has 0 unspecified atom stereocenters. The van der Waals surface area contributed by atoms with E-state index < -0.39 is 14.5 Å². The summed E-state index contributed by atoms with van der Waals surface area (Å²) in [6.07, 6.45) is 9.75. The Morgan fingerprint density at radius 3 is 0.462 bits per heavy atom. The molecule has 6 heterocycles. The monoisotopic (exact) mass is 988 g/mol. The quantitative estimate of drug-likeness (QED) is 0.120. The Balaban J connectivity index is -0.000000681. The van der Waals surface area contributed by atoms with E-state index in [9.17, 15) is 34.5 Å². The molecule has 0 bridgehead atoms. The Hall–Kier alpha value is -5.52.